The summed E-state index contributed by atoms with van der Waals surface area (Å²) in [5, 5.41) is 6.98. The van der Waals surface area contributed by atoms with Crippen LogP contribution >= 0.6 is 0 Å². The molecule has 3 rings (SSSR count). The summed E-state index contributed by atoms with van der Waals surface area (Å²) >= 11 is 0. The highest BCUT2D eigenvalue weighted by molar-refractivity contribution is 5.90. The monoisotopic (exact) mass is 353 g/mol. The minimum absolute atomic E-state index is 0.133. The van der Waals surface area contributed by atoms with Crippen LogP contribution < -0.4 is 10.9 Å². The molecule has 0 atom stereocenters. The van der Waals surface area contributed by atoms with Gasteiger partial charge in [0.05, 0.1) is 30.1 Å². The minimum Gasteiger partial charge on any atom is -0.322 e. The molecule has 0 fully saturated rings. The van der Waals surface area contributed by atoms with E-state index < -0.39 is 0 Å². The zero-order valence-corrected chi connectivity index (χ0v) is 15.0. The van der Waals surface area contributed by atoms with Crippen molar-refractivity contribution in [1.29, 1.82) is 0 Å². The van der Waals surface area contributed by atoms with Crippen LogP contribution in [-0.4, -0.2) is 35.2 Å². The maximum absolute atomic E-state index is 12.2. The van der Waals surface area contributed by atoms with Gasteiger partial charge < -0.3 is 5.32 Å². The Labute approximate surface area is 149 Å². The van der Waals surface area contributed by atoms with E-state index >= 15 is 0 Å². The molecule has 0 radical (unpaired) electrons. The second-order valence-electron chi connectivity index (χ2n) is 6.05. The van der Waals surface area contributed by atoms with Crippen molar-refractivity contribution >= 4 is 11.6 Å². The summed E-state index contributed by atoms with van der Waals surface area (Å²) < 4.78 is 2.89. The number of aryl methyl sites for hydroxylation is 3. The summed E-state index contributed by atoms with van der Waals surface area (Å²) in [5.41, 5.74) is 3.17. The Morgan fingerprint density at radius 1 is 1.12 bits per heavy atom. The Morgan fingerprint density at radius 3 is 2.42 bits per heavy atom. The predicted molar refractivity (Wildman–Crippen MR) is 95.2 cm³/mol. The fourth-order valence-electron chi connectivity index (χ4n) is 2.47. The van der Waals surface area contributed by atoms with Crippen molar-refractivity contribution in [2.24, 2.45) is 0 Å². The molecule has 26 heavy (non-hydrogen) atoms. The Kier molecular flexibility index (Phi) is 4.61. The molecule has 3 aromatic heterocycles. The number of carbonyl (C=O) groups excluding carboxylic acids is 1. The first-order valence-corrected chi connectivity index (χ1v) is 8.03. The molecule has 1 amide bonds. The molecule has 134 valence electrons. The van der Waals surface area contributed by atoms with Crippen LogP contribution in [0.4, 0.5) is 5.69 Å². The van der Waals surface area contributed by atoms with Crippen molar-refractivity contribution in [1.82, 2.24) is 29.3 Å². The molecule has 0 aliphatic carbocycles. The van der Waals surface area contributed by atoms with Gasteiger partial charge in [0.1, 0.15) is 6.54 Å². The largest absolute Gasteiger partial charge is 0.322 e. The average molecular weight is 353 g/mol. The summed E-state index contributed by atoms with van der Waals surface area (Å²) in [6, 6.07) is 1.92. The molecular formula is C17H19N7O2. The number of carbonyl (C=O) groups is 1. The van der Waals surface area contributed by atoms with Crippen molar-refractivity contribution in [3.8, 4) is 5.95 Å². The van der Waals surface area contributed by atoms with E-state index in [2.05, 4.69) is 25.4 Å². The van der Waals surface area contributed by atoms with Crippen LogP contribution in [0.3, 0.4) is 0 Å². The number of hydrogen-bond donors (Lipinski definition) is 1. The van der Waals surface area contributed by atoms with E-state index in [1.165, 1.54) is 23.3 Å². The third kappa shape index (κ3) is 3.51. The van der Waals surface area contributed by atoms with E-state index in [4.69, 9.17) is 0 Å². The average Bonchev–Trinajstić information content (AvgIpc) is 2.94. The molecule has 0 spiro atoms. The highest BCUT2D eigenvalue weighted by Crippen LogP contribution is 2.09. The molecule has 0 bridgehead atoms. The van der Waals surface area contributed by atoms with Gasteiger partial charge in [-0.2, -0.15) is 5.10 Å². The first-order chi connectivity index (χ1) is 12.3. The molecular weight excluding hydrogens is 334 g/mol. The number of rotatable bonds is 4. The first-order valence-electron chi connectivity index (χ1n) is 8.03. The molecule has 0 saturated heterocycles. The lowest BCUT2D eigenvalue weighted by Crippen LogP contribution is -2.29. The van der Waals surface area contributed by atoms with Gasteiger partial charge in [-0.25, -0.2) is 19.6 Å². The minimum atomic E-state index is -0.361. The number of amides is 1. The van der Waals surface area contributed by atoms with E-state index in [1.807, 2.05) is 19.9 Å². The van der Waals surface area contributed by atoms with Gasteiger partial charge in [-0.1, -0.05) is 0 Å². The van der Waals surface area contributed by atoms with Gasteiger partial charge in [-0.3, -0.25) is 14.2 Å². The first kappa shape index (κ1) is 17.5. The van der Waals surface area contributed by atoms with E-state index in [-0.39, 0.29) is 18.0 Å². The predicted octanol–water partition coefficient (Wildman–Crippen LogP) is 1.09. The fourth-order valence-corrected chi connectivity index (χ4v) is 2.47. The number of nitrogens with one attached hydrogen (secondary N) is 1. The van der Waals surface area contributed by atoms with Crippen molar-refractivity contribution in [3.63, 3.8) is 0 Å². The van der Waals surface area contributed by atoms with Gasteiger partial charge in [0.2, 0.25) is 5.91 Å². The van der Waals surface area contributed by atoms with Gasteiger partial charge >= 0.3 is 0 Å². The molecule has 0 saturated carbocycles. The molecule has 9 heteroatoms. The van der Waals surface area contributed by atoms with Crippen LogP contribution in [0.5, 0.6) is 0 Å². The third-order valence-electron chi connectivity index (χ3n) is 3.95. The van der Waals surface area contributed by atoms with Crippen LogP contribution in [0.2, 0.25) is 0 Å². The van der Waals surface area contributed by atoms with E-state index in [1.54, 1.807) is 18.5 Å². The molecule has 1 N–H and O–H groups in total. The highest BCUT2D eigenvalue weighted by Gasteiger charge is 2.10. The second kappa shape index (κ2) is 6.87. The van der Waals surface area contributed by atoms with Crippen LogP contribution in [0, 0.1) is 27.7 Å². The molecule has 0 aliphatic heterocycles. The standard InChI is InChI=1S/C17H19N7O2/c1-10-5-11(2)24(22-10)17-18-6-14(7-19-17)21-15(25)8-23-9-20-13(4)12(3)16(23)26/h5-7,9H,8H2,1-4H3,(H,21,25). The lowest BCUT2D eigenvalue weighted by Gasteiger charge is -2.09. The van der Waals surface area contributed by atoms with Crippen LogP contribution in [0.1, 0.15) is 22.6 Å². The van der Waals surface area contributed by atoms with Crippen molar-refractivity contribution in [2.45, 2.75) is 34.2 Å². The second-order valence-corrected chi connectivity index (χ2v) is 6.05. The van der Waals surface area contributed by atoms with Crippen molar-refractivity contribution in [2.75, 3.05) is 5.32 Å². The molecule has 3 aromatic rings. The van der Waals surface area contributed by atoms with Gasteiger partial charge in [-0.05, 0) is 33.8 Å². The lowest BCUT2D eigenvalue weighted by atomic mass is 10.3. The number of aromatic nitrogens is 6. The van der Waals surface area contributed by atoms with Crippen LogP contribution in [0.25, 0.3) is 5.95 Å². The molecule has 3 heterocycles. The summed E-state index contributed by atoms with van der Waals surface area (Å²) in [6.45, 7) is 7.11. The Balaban J connectivity index is 1.71. The van der Waals surface area contributed by atoms with Crippen molar-refractivity contribution < 1.29 is 4.79 Å². The van der Waals surface area contributed by atoms with Crippen molar-refractivity contribution in [3.05, 3.63) is 57.8 Å². The maximum atomic E-state index is 12.2. The summed E-state index contributed by atoms with van der Waals surface area (Å²) in [7, 11) is 0. The van der Waals surface area contributed by atoms with Gasteiger partial charge in [0.15, 0.2) is 0 Å². The summed E-state index contributed by atoms with van der Waals surface area (Å²) in [4.78, 5) is 36.8. The fraction of sp³-hybridized carbons (Fsp3) is 0.294. The third-order valence-corrected chi connectivity index (χ3v) is 3.95. The van der Waals surface area contributed by atoms with Crippen LogP contribution in [0.15, 0.2) is 29.6 Å². The van der Waals surface area contributed by atoms with E-state index in [9.17, 15) is 9.59 Å². The zero-order valence-electron chi connectivity index (χ0n) is 15.0. The van der Waals surface area contributed by atoms with E-state index in [0.29, 0.717) is 22.9 Å². The van der Waals surface area contributed by atoms with Gasteiger partial charge in [0, 0.05) is 17.0 Å². The molecule has 0 unspecified atom stereocenters. The van der Waals surface area contributed by atoms with Crippen LogP contribution in [-0.2, 0) is 11.3 Å². The normalized spacial score (nSPS) is 10.8. The number of nitrogens with zero attached hydrogens (tertiary/aromatic N) is 6. The Hall–Kier alpha value is -3.36. The van der Waals surface area contributed by atoms with E-state index in [0.717, 1.165) is 11.4 Å². The highest BCUT2D eigenvalue weighted by atomic mass is 16.2. The maximum Gasteiger partial charge on any atom is 0.256 e. The lowest BCUT2D eigenvalue weighted by molar-refractivity contribution is -0.116. The SMILES string of the molecule is Cc1cc(C)n(-c2ncc(NC(=O)Cn3cnc(C)c(C)c3=O)cn2)n1. The number of anilines is 1. The topological polar surface area (TPSA) is 108 Å². The Morgan fingerprint density at radius 2 is 1.81 bits per heavy atom. The quantitative estimate of drug-likeness (QED) is 0.752. The van der Waals surface area contributed by atoms with Gasteiger partial charge in [0.25, 0.3) is 11.5 Å². The van der Waals surface area contributed by atoms with Gasteiger partial charge in [-0.15, -0.1) is 0 Å². The number of hydrogen-bond acceptors (Lipinski definition) is 6. The molecule has 9 nitrogen and oxygen atoms in total. The Bertz CT molecular complexity index is 1020. The zero-order chi connectivity index (χ0) is 18.8. The smallest absolute Gasteiger partial charge is 0.256 e. The summed E-state index contributed by atoms with van der Waals surface area (Å²) in [5.74, 6) is 0.0581. The molecule has 0 aliphatic rings. The summed E-state index contributed by atoms with van der Waals surface area (Å²) in [6.07, 6.45) is 4.36. The molecule has 0 aromatic carbocycles.